The van der Waals surface area contributed by atoms with Crippen LogP contribution in [0, 0.1) is 0 Å². The Bertz CT molecular complexity index is 1460. The first-order valence-corrected chi connectivity index (χ1v) is 12.2. The molecular weight excluding hydrogens is 487 g/mol. The van der Waals surface area contributed by atoms with Crippen LogP contribution < -0.4 is 10.5 Å². The predicted octanol–water partition coefficient (Wildman–Crippen LogP) is 4.08. The number of fused-ring (bicyclic) bond motifs is 1. The molecule has 9 nitrogen and oxygen atoms in total. The fourth-order valence-corrected chi connectivity index (χ4v) is 4.83. The SMILES string of the molecule is CCCn1c(N2CCCC2COC)nc2nc(-c3cnn(Cc4cccc(C(F)(F)F)c4)c3)[nH]c2c1=O. The smallest absolute Gasteiger partial charge is 0.383 e. The van der Waals surface area contributed by atoms with Crippen LogP contribution in [0.5, 0.6) is 0 Å². The molecule has 37 heavy (non-hydrogen) atoms. The third-order valence-electron chi connectivity index (χ3n) is 6.54. The summed E-state index contributed by atoms with van der Waals surface area (Å²) in [6.07, 6.45) is 1.56. The number of rotatable bonds is 8. The molecule has 1 aliphatic heterocycles. The number of alkyl halides is 3. The van der Waals surface area contributed by atoms with Crippen molar-refractivity contribution >= 4 is 17.1 Å². The molecule has 196 valence electrons. The summed E-state index contributed by atoms with van der Waals surface area (Å²) in [6.45, 7) is 4.03. The molecule has 0 saturated carbocycles. The van der Waals surface area contributed by atoms with Gasteiger partial charge in [0, 0.05) is 26.4 Å². The normalized spacial score (nSPS) is 16.2. The standard InChI is InChI=1S/C25H28F3N7O2/c1-3-9-35-23(36)20-22(32-24(35)34-10-5-8-19(34)15-37-2)31-21(30-20)17-12-29-33(14-17)13-16-6-4-7-18(11-16)25(26,27)28/h4,6-7,11-12,14,19H,3,5,8-10,13,15H2,1-2H3,(H,30,31). The molecule has 1 aliphatic rings. The summed E-state index contributed by atoms with van der Waals surface area (Å²) in [6, 6.07) is 5.29. The minimum Gasteiger partial charge on any atom is -0.383 e. The van der Waals surface area contributed by atoms with E-state index in [2.05, 4.69) is 20.0 Å². The van der Waals surface area contributed by atoms with E-state index in [0.717, 1.165) is 37.9 Å². The molecule has 0 aliphatic carbocycles. The van der Waals surface area contributed by atoms with Crippen LogP contribution in [0.15, 0.2) is 41.5 Å². The number of anilines is 1. The molecular formula is C25H28F3N7O2. The minimum atomic E-state index is -4.41. The van der Waals surface area contributed by atoms with Gasteiger partial charge in [0.1, 0.15) is 5.82 Å². The number of halogens is 3. The molecule has 5 rings (SSSR count). The van der Waals surface area contributed by atoms with Crippen molar-refractivity contribution in [3.8, 4) is 11.4 Å². The zero-order chi connectivity index (χ0) is 26.2. The number of nitrogens with zero attached hydrogens (tertiary/aromatic N) is 6. The van der Waals surface area contributed by atoms with E-state index in [1.54, 1.807) is 30.1 Å². The Balaban J connectivity index is 1.47. The summed E-state index contributed by atoms with van der Waals surface area (Å²) in [5.74, 6) is 1.02. The Morgan fingerprint density at radius 2 is 2.08 bits per heavy atom. The topological polar surface area (TPSA) is 93.9 Å². The molecule has 1 fully saturated rings. The summed E-state index contributed by atoms with van der Waals surface area (Å²) in [7, 11) is 1.67. The van der Waals surface area contributed by atoms with E-state index in [9.17, 15) is 18.0 Å². The number of ether oxygens (including phenoxy) is 1. The van der Waals surface area contributed by atoms with Gasteiger partial charge in [0.2, 0.25) is 5.95 Å². The molecule has 3 aromatic heterocycles. The van der Waals surface area contributed by atoms with Gasteiger partial charge < -0.3 is 14.6 Å². The van der Waals surface area contributed by atoms with Gasteiger partial charge >= 0.3 is 6.18 Å². The van der Waals surface area contributed by atoms with Crippen LogP contribution in [0.1, 0.15) is 37.3 Å². The Labute approximate surface area is 210 Å². The number of nitrogens with one attached hydrogen (secondary N) is 1. The third-order valence-corrected chi connectivity index (χ3v) is 6.54. The third kappa shape index (κ3) is 4.97. The van der Waals surface area contributed by atoms with Gasteiger partial charge in [-0.1, -0.05) is 19.1 Å². The van der Waals surface area contributed by atoms with Crippen LogP contribution in [0.2, 0.25) is 0 Å². The average molecular weight is 516 g/mol. The number of hydrogen-bond donors (Lipinski definition) is 1. The van der Waals surface area contributed by atoms with Crippen LogP contribution in [-0.4, -0.2) is 55.6 Å². The van der Waals surface area contributed by atoms with Gasteiger partial charge in [0.25, 0.3) is 5.56 Å². The van der Waals surface area contributed by atoms with E-state index in [1.165, 1.54) is 10.7 Å². The first-order chi connectivity index (χ1) is 17.8. The van der Waals surface area contributed by atoms with E-state index < -0.39 is 11.7 Å². The Morgan fingerprint density at radius 3 is 2.84 bits per heavy atom. The number of aromatic amines is 1. The first-order valence-electron chi connectivity index (χ1n) is 12.2. The summed E-state index contributed by atoms with van der Waals surface area (Å²) in [5, 5.41) is 4.28. The van der Waals surface area contributed by atoms with E-state index in [0.29, 0.717) is 47.2 Å². The minimum absolute atomic E-state index is 0.143. The highest BCUT2D eigenvalue weighted by Crippen LogP contribution is 2.30. The van der Waals surface area contributed by atoms with Crippen LogP contribution >= 0.6 is 0 Å². The average Bonchev–Trinajstić information content (AvgIpc) is 3.61. The highest BCUT2D eigenvalue weighted by atomic mass is 19.4. The number of imidazole rings is 1. The van der Waals surface area contributed by atoms with Crippen LogP contribution in [0.4, 0.5) is 19.1 Å². The second-order valence-electron chi connectivity index (χ2n) is 9.22. The second kappa shape index (κ2) is 10.0. The predicted molar refractivity (Wildman–Crippen MR) is 132 cm³/mol. The van der Waals surface area contributed by atoms with Gasteiger partial charge in [0.05, 0.1) is 36.5 Å². The summed E-state index contributed by atoms with van der Waals surface area (Å²) >= 11 is 0. The van der Waals surface area contributed by atoms with Gasteiger partial charge in [-0.05, 0) is 37.0 Å². The maximum atomic E-state index is 13.4. The van der Waals surface area contributed by atoms with Crippen molar-refractivity contribution < 1.29 is 17.9 Å². The first kappa shape index (κ1) is 25.0. The number of aromatic nitrogens is 6. The van der Waals surface area contributed by atoms with Crippen molar-refractivity contribution in [2.75, 3.05) is 25.2 Å². The number of hydrogen-bond acceptors (Lipinski definition) is 6. The monoisotopic (exact) mass is 515 g/mol. The summed E-state index contributed by atoms with van der Waals surface area (Å²) in [4.78, 5) is 28.0. The lowest BCUT2D eigenvalue weighted by Crippen LogP contribution is -2.38. The number of methoxy groups -OCH3 is 1. The second-order valence-corrected chi connectivity index (χ2v) is 9.22. The van der Waals surface area contributed by atoms with E-state index in [-0.39, 0.29) is 18.1 Å². The lowest BCUT2D eigenvalue weighted by atomic mass is 10.1. The Kier molecular flexibility index (Phi) is 6.76. The molecule has 0 radical (unpaired) electrons. The van der Waals surface area contributed by atoms with Crippen LogP contribution in [0.25, 0.3) is 22.6 Å². The zero-order valence-electron chi connectivity index (χ0n) is 20.6. The molecule has 1 atom stereocenters. The summed E-state index contributed by atoms with van der Waals surface area (Å²) < 4.78 is 47.8. The van der Waals surface area contributed by atoms with Crippen molar-refractivity contribution in [2.24, 2.45) is 0 Å². The molecule has 4 heterocycles. The Hall–Kier alpha value is -3.67. The van der Waals surface area contributed by atoms with Crippen LogP contribution in [0.3, 0.4) is 0 Å². The molecule has 0 spiro atoms. The molecule has 1 unspecified atom stereocenters. The van der Waals surface area contributed by atoms with Gasteiger partial charge in [-0.25, -0.2) is 4.98 Å². The summed E-state index contributed by atoms with van der Waals surface area (Å²) in [5.41, 5.74) is 0.799. The lowest BCUT2D eigenvalue weighted by Gasteiger charge is -2.27. The highest BCUT2D eigenvalue weighted by Gasteiger charge is 2.31. The van der Waals surface area contributed by atoms with Crippen molar-refractivity contribution in [3.05, 3.63) is 58.1 Å². The Morgan fingerprint density at radius 1 is 1.24 bits per heavy atom. The fourth-order valence-electron chi connectivity index (χ4n) is 4.83. The molecule has 4 aromatic rings. The van der Waals surface area contributed by atoms with Crippen molar-refractivity contribution in [1.29, 1.82) is 0 Å². The zero-order valence-corrected chi connectivity index (χ0v) is 20.6. The van der Waals surface area contributed by atoms with Gasteiger partial charge in [-0.2, -0.15) is 23.3 Å². The van der Waals surface area contributed by atoms with Gasteiger partial charge in [-0.15, -0.1) is 0 Å². The fraction of sp³-hybridized carbons (Fsp3) is 0.440. The maximum Gasteiger partial charge on any atom is 0.416 e. The van der Waals surface area contributed by atoms with Crippen molar-refractivity contribution in [3.63, 3.8) is 0 Å². The van der Waals surface area contributed by atoms with Crippen molar-refractivity contribution in [2.45, 2.75) is 51.5 Å². The molecule has 1 aromatic carbocycles. The van der Waals surface area contributed by atoms with Gasteiger partial charge in [0.15, 0.2) is 11.2 Å². The lowest BCUT2D eigenvalue weighted by molar-refractivity contribution is -0.137. The number of H-pyrrole nitrogens is 1. The van der Waals surface area contributed by atoms with Crippen molar-refractivity contribution in [1.82, 2.24) is 29.3 Å². The van der Waals surface area contributed by atoms with E-state index in [4.69, 9.17) is 9.72 Å². The molecule has 0 bridgehead atoms. The van der Waals surface area contributed by atoms with Gasteiger partial charge in [-0.3, -0.25) is 14.0 Å². The quantitative estimate of drug-likeness (QED) is 0.380. The largest absolute Gasteiger partial charge is 0.416 e. The molecule has 1 N–H and O–H groups in total. The number of benzene rings is 1. The highest BCUT2D eigenvalue weighted by molar-refractivity contribution is 5.76. The van der Waals surface area contributed by atoms with E-state index >= 15 is 0 Å². The molecule has 0 amide bonds. The van der Waals surface area contributed by atoms with Crippen LogP contribution in [-0.2, 0) is 24.0 Å². The maximum absolute atomic E-state index is 13.4. The van der Waals surface area contributed by atoms with E-state index in [1.807, 2.05) is 6.92 Å². The molecule has 1 saturated heterocycles. The molecule has 12 heteroatoms.